The number of nitrogens with zero attached hydrogens (tertiary/aromatic N) is 2. The van der Waals surface area contributed by atoms with Gasteiger partial charge in [-0.2, -0.15) is 0 Å². The molecule has 2 aromatic carbocycles. The maximum absolute atomic E-state index is 9.59. The molecule has 1 saturated heterocycles. The van der Waals surface area contributed by atoms with Crippen molar-refractivity contribution in [2.45, 2.75) is 28.9 Å². The Morgan fingerprint density at radius 3 is 2.62 bits per heavy atom. The highest BCUT2D eigenvalue weighted by atomic mass is 32.2. The first-order valence-corrected chi connectivity index (χ1v) is 9.48. The number of likely N-dealkylation sites (N-methyl/N-ethyl adjacent to an activating group) is 1. The third-order valence-electron chi connectivity index (χ3n) is 5.20. The van der Waals surface area contributed by atoms with Crippen molar-refractivity contribution in [1.82, 2.24) is 9.80 Å². The number of aliphatic hydroxyl groups excluding tert-OH is 1. The summed E-state index contributed by atoms with van der Waals surface area (Å²) in [6.45, 7) is 4.58. The van der Waals surface area contributed by atoms with Gasteiger partial charge in [0.25, 0.3) is 0 Å². The lowest BCUT2D eigenvalue weighted by atomic mass is 9.95. The smallest absolute Gasteiger partial charge is 0.0681 e. The van der Waals surface area contributed by atoms with Crippen LogP contribution in [0.25, 0.3) is 0 Å². The molecule has 0 bridgehead atoms. The van der Waals surface area contributed by atoms with Gasteiger partial charge in [0.2, 0.25) is 0 Å². The minimum absolute atomic E-state index is 0.111. The number of fused-ring (bicyclic) bond motifs is 2. The quantitative estimate of drug-likeness (QED) is 0.908. The SMILES string of the molecule is CN1CCN(C2Cc3ccccc3Sc3ccc(CO)cc32)CC1. The van der Waals surface area contributed by atoms with E-state index in [1.807, 2.05) is 11.8 Å². The van der Waals surface area contributed by atoms with Gasteiger partial charge < -0.3 is 10.0 Å². The fourth-order valence-corrected chi connectivity index (χ4v) is 4.83. The van der Waals surface area contributed by atoms with Crippen molar-refractivity contribution in [3.05, 3.63) is 59.2 Å². The van der Waals surface area contributed by atoms with Crippen LogP contribution in [0, 0.1) is 0 Å². The first-order valence-electron chi connectivity index (χ1n) is 8.66. The van der Waals surface area contributed by atoms with Crippen LogP contribution in [-0.2, 0) is 13.0 Å². The monoisotopic (exact) mass is 340 g/mol. The molecule has 0 aliphatic carbocycles. The van der Waals surface area contributed by atoms with Crippen molar-refractivity contribution < 1.29 is 5.11 Å². The summed E-state index contributed by atoms with van der Waals surface area (Å²) in [5.74, 6) is 0. The van der Waals surface area contributed by atoms with Crippen LogP contribution in [-0.4, -0.2) is 48.1 Å². The van der Waals surface area contributed by atoms with E-state index in [1.165, 1.54) is 20.9 Å². The second-order valence-electron chi connectivity index (χ2n) is 6.80. The molecule has 1 N–H and O–H groups in total. The minimum Gasteiger partial charge on any atom is -0.392 e. The van der Waals surface area contributed by atoms with E-state index < -0.39 is 0 Å². The van der Waals surface area contributed by atoms with E-state index >= 15 is 0 Å². The van der Waals surface area contributed by atoms with Crippen LogP contribution in [0.3, 0.4) is 0 Å². The molecule has 24 heavy (non-hydrogen) atoms. The highest BCUT2D eigenvalue weighted by Crippen LogP contribution is 2.43. The average molecular weight is 340 g/mol. The Labute approximate surface area is 148 Å². The summed E-state index contributed by atoms with van der Waals surface area (Å²) >= 11 is 1.87. The van der Waals surface area contributed by atoms with Gasteiger partial charge in [-0.1, -0.05) is 42.1 Å². The number of hydrogen-bond donors (Lipinski definition) is 1. The molecule has 0 saturated carbocycles. The molecular weight excluding hydrogens is 316 g/mol. The molecule has 3 nitrogen and oxygen atoms in total. The standard InChI is InChI=1S/C20H24N2OS/c1-21-8-10-22(11-9-21)18-13-16-4-2-3-5-19(16)24-20-7-6-15(14-23)12-17(18)20/h2-7,12,18,23H,8-11,13-14H2,1H3. The molecule has 2 heterocycles. The fraction of sp³-hybridized carbons (Fsp3) is 0.400. The van der Waals surface area contributed by atoms with Crippen molar-refractivity contribution in [3.63, 3.8) is 0 Å². The van der Waals surface area contributed by atoms with Gasteiger partial charge in [0.1, 0.15) is 0 Å². The molecule has 0 spiro atoms. The molecule has 2 aliphatic rings. The molecule has 1 fully saturated rings. The van der Waals surface area contributed by atoms with Crippen LogP contribution >= 0.6 is 11.8 Å². The largest absolute Gasteiger partial charge is 0.392 e. The van der Waals surface area contributed by atoms with Gasteiger partial charge in [-0.15, -0.1) is 0 Å². The molecule has 0 amide bonds. The van der Waals surface area contributed by atoms with Crippen LogP contribution in [0.1, 0.15) is 22.7 Å². The Hall–Kier alpha value is -1.33. The van der Waals surface area contributed by atoms with Gasteiger partial charge in [-0.05, 0) is 42.3 Å². The maximum Gasteiger partial charge on any atom is 0.0681 e. The van der Waals surface area contributed by atoms with E-state index in [0.717, 1.165) is 38.2 Å². The Morgan fingerprint density at radius 1 is 1.04 bits per heavy atom. The summed E-state index contributed by atoms with van der Waals surface area (Å²) in [7, 11) is 2.20. The van der Waals surface area contributed by atoms with Crippen LogP contribution in [0.15, 0.2) is 52.3 Å². The predicted molar refractivity (Wildman–Crippen MR) is 98.4 cm³/mol. The molecular formula is C20H24N2OS. The van der Waals surface area contributed by atoms with Crippen LogP contribution in [0.4, 0.5) is 0 Å². The zero-order valence-corrected chi connectivity index (χ0v) is 14.9. The predicted octanol–water partition coefficient (Wildman–Crippen LogP) is 3.17. The Bertz CT molecular complexity index is 725. The van der Waals surface area contributed by atoms with Gasteiger partial charge >= 0.3 is 0 Å². The number of rotatable bonds is 2. The van der Waals surface area contributed by atoms with Gasteiger partial charge in [-0.3, -0.25) is 4.90 Å². The van der Waals surface area contributed by atoms with E-state index in [1.54, 1.807) is 0 Å². The van der Waals surface area contributed by atoms with Crippen molar-refractivity contribution in [2.24, 2.45) is 0 Å². The lowest BCUT2D eigenvalue weighted by molar-refractivity contribution is 0.109. The molecule has 0 radical (unpaired) electrons. The van der Waals surface area contributed by atoms with Gasteiger partial charge in [0.15, 0.2) is 0 Å². The van der Waals surface area contributed by atoms with Crippen molar-refractivity contribution in [3.8, 4) is 0 Å². The van der Waals surface area contributed by atoms with E-state index in [0.29, 0.717) is 6.04 Å². The average Bonchev–Trinajstić information content (AvgIpc) is 2.78. The summed E-state index contributed by atoms with van der Waals surface area (Å²) in [5, 5.41) is 9.59. The lowest BCUT2D eigenvalue weighted by Crippen LogP contribution is -2.46. The first kappa shape index (κ1) is 16.2. The number of hydrogen-bond acceptors (Lipinski definition) is 4. The number of aliphatic hydroxyl groups is 1. The highest BCUT2D eigenvalue weighted by Gasteiger charge is 2.29. The van der Waals surface area contributed by atoms with E-state index in [4.69, 9.17) is 0 Å². The van der Waals surface area contributed by atoms with E-state index in [-0.39, 0.29) is 6.61 Å². The fourth-order valence-electron chi connectivity index (χ4n) is 3.72. The highest BCUT2D eigenvalue weighted by molar-refractivity contribution is 7.99. The summed E-state index contributed by atoms with van der Waals surface area (Å²) in [4.78, 5) is 7.73. The molecule has 2 aromatic rings. The van der Waals surface area contributed by atoms with E-state index in [9.17, 15) is 5.11 Å². The molecule has 0 aromatic heterocycles. The zero-order chi connectivity index (χ0) is 16.5. The Kier molecular flexibility index (Phi) is 4.63. The molecule has 1 atom stereocenters. The molecule has 126 valence electrons. The third-order valence-corrected chi connectivity index (χ3v) is 6.41. The normalized spacial score (nSPS) is 21.8. The van der Waals surface area contributed by atoms with Crippen molar-refractivity contribution >= 4 is 11.8 Å². The Morgan fingerprint density at radius 2 is 1.83 bits per heavy atom. The van der Waals surface area contributed by atoms with Crippen molar-refractivity contribution in [1.29, 1.82) is 0 Å². The van der Waals surface area contributed by atoms with Crippen LogP contribution < -0.4 is 0 Å². The summed E-state index contributed by atoms with van der Waals surface area (Å²) in [6.07, 6.45) is 1.05. The summed E-state index contributed by atoms with van der Waals surface area (Å²) in [5.41, 5.74) is 3.83. The number of piperazine rings is 1. The topological polar surface area (TPSA) is 26.7 Å². The van der Waals surface area contributed by atoms with Gasteiger partial charge in [0.05, 0.1) is 6.61 Å². The second kappa shape index (κ2) is 6.89. The Balaban J connectivity index is 1.76. The molecule has 2 aliphatic heterocycles. The van der Waals surface area contributed by atoms with E-state index in [2.05, 4.69) is 59.3 Å². The number of benzene rings is 2. The van der Waals surface area contributed by atoms with Gasteiger partial charge in [0, 0.05) is 42.0 Å². The third kappa shape index (κ3) is 3.11. The summed E-state index contributed by atoms with van der Waals surface area (Å²) in [6, 6.07) is 15.6. The van der Waals surface area contributed by atoms with Crippen LogP contribution in [0.5, 0.6) is 0 Å². The van der Waals surface area contributed by atoms with Crippen molar-refractivity contribution in [2.75, 3.05) is 33.2 Å². The van der Waals surface area contributed by atoms with Crippen LogP contribution in [0.2, 0.25) is 0 Å². The zero-order valence-electron chi connectivity index (χ0n) is 14.1. The molecule has 4 rings (SSSR count). The lowest BCUT2D eigenvalue weighted by Gasteiger charge is -2.38. The maximum atomic E-state index is 9.59. The minimum atomic E-state index is 0.111. The second-order valence-corrected chi connectivity index (χ2v) is 7.88. The van der Waals surface area contributed by atoms with Gasteiger partial charge in [-0.25, -0.2) is 0 Å². The molecule has 4 heteroatoms. The first-order chi connectivity index (χ1) is 11.7. The summed E-state index contributed by atoms with van der Waals surface area (Å²) < 4.78 is 0. The molecule has 1 unspecified atom stereocenters.